The average molecular weight is 504 g/mol. The molecule has 11 heteroatoms. The third-order valence-corrected chi connectivity index (χ3v) is 6.80. The third kappa shape index (κ3) is 11.5. The summed E-state index contributed by atoms with van der Waals surface area (Å²) in [4.78, 5) is 50.3. The Balaban J connectivity index is 5.54. The standard InChI is InChI=1S/C23H45N5O5S/c1-6-14(3)18(25)22(31)27-16(10-8-9-12-24)20(29)26-17(11-13-34-5)21(30)28-19(23(32)33)15(4)7-2/h14-19H,6-13,24-25H2,1-5H3,(H,26,29)(H,27,31)(H,28,30)(H,32,33). The Bertz CT molecular complexity index is 651. The van der Waals surface area contributed by atoms with Crippen LogP contribution in [0.2, 0.25) is 0 Å². The summed E-state index contributed by atoms with van der Waals surface area (Å²) in [5, 5.41) is 17.5. The summed E-state index contributed by atoms with van der Waals surface area (Å²) in [7, 11) is 0. The molecule has 0 aliphatic heterocycles. The molecule has 0 bridgehead atoms. The highest BCUT2D eigenvalue weighted by Crippen LogP contribution is 2.11. The second-order valence-corrected chi connectivity index (χ2v) is 9.80. The fraction of sp³-hybridized carbons (Fsp3) is 0.826. The van der Waals surface area contributed by atoms with Crippen LogP contribution in [0.15, 0.2) is 0 Å². The van der Waals surface area contributed by atoms with Crippen molar-refractivity contribution < 1.29 is 24.3 Å². The van der Waals surface area contributed by atoms with Crippen LogP contribution in [-0.4, -0.2) is 71.5 Å². The molecule has 198 valence electrons. The summed E-state index contributed by atoms with van der Waals surface area (Å²) in [5.74, 6) is -2.34. The number of aliphatic carboxylic acids is 1. The maximum Gasteiger partial charge on any atom is 0.326 e. The molecular weight excluding hydrogens is 458 g/mol. The molecule has 0 aliphatic carbocycles. The molecule has 0 heterocycles. The van der Waals surface area contributed by atoms with Crippen LogP contribution < -0.4 is 27.4 Å². The number of unbranched alkanes of at least 4 members (excludes halogenated alkanes) is 1. The summed E-state index contributed by atoms with van der Waals surface area (Å²) in [6, 6.07) is -3.61. The number of rotatable bonds is 18. The number of carboxylic acids is 1. The molecule has 10 nitrogen and oxygen atoms in total. The number of carboxylic acid groups (broad SMARTS) is 1. The van der Waals surface area contributed by atoms with Gasteiger partial charge in [-0.25, -0.2) is 4.79 Å². The van der Waals surface area contributed by atoms with E-state index in [-0.39, 0.29) is 11.8 Å². The van der Waals surface area contributed by atoms with E-state index in [1.54, 1.807) is 6.92 Å². The van der Waals surface area contributed by atoms with Crippen LogP contribution in [0.1, 0.15) is 66.2 Å². The Kier molecular flexibility index (Phi) is 16.6. The highest BCUT2D eigenvalue weighted by molar-refractivity contribution is 7.98. The highest BCUT2D eigenvalue weighted by atomic mass is 32.2. The van der Waals surface area contributed by atoms with Gasteiger partial charge in [-0.3, -0.25) is 14.4 Å². The van der Waals surface area contributed by atoms with Gasteiger partial charge in [-0.2, -0.15) is 11.8 Å². The molecule has 0 spiro atoms. The summed E-state index contributed by atoms with van der Waals surface area (Å²) in [6.07, 6.45) is 5.14. The van der Waals surface area contributed by atoms with Crippen molar-refractivity contribution in [3.8, 4) is 0 Å². The number of carbonyl (C=O) groups is 4. The molecule has 0 aromatic carbocycles. The average Bonchev–Trinajstić information content (AvgIpc) is 2.82. The van der Waals surface area contributed by atoms with Crippen molar-refractivity contribution in [2.45, 2.75) is 90.4 Å². The Morgan fingerprint density at radius 2 is 1.38 bits per heavy atom. The van der Waals surface area contributed by atoms with E-state index in [2.05, 4.69) is 16.0 Å². The Morgan fingerprint density at radius 3 is 1.88 bits per heavy atom. The van der Waals surface area contributed by atoms with Crippen molar-refractivity contribution >= 4 is 35.5 Å². The van der Waals surface area contributed by atoms with Gasteiger partial charge in [-0.1, -0.05) is 40.5 Å². The third-order valence-electron chi connectivity index (χ3n) is 6.16. The van der Waals surface area contributed by atoms with Crippen molar-refractivity contribution in [3.05, 3.63) is 0 Å². The predicted octanol–water partition coefficient (Wildman–Crippen LogP) is 0.827. The van der Waals surface area contributed by atoms with Gasteiger partial charge in [-0.05, 0) is 56.1 Å². The quantitative estimate of drug-likeness (QED) is 0.149. The second kappa shape index (κ2) is 17.6. The van der Waals surface area contributed by atoms with Crippen LogP contribution in [0.4, 0.5) is 0 Å². The molecule has 0 radical (unpaired) electrons. The summed E-state index contributed by atoms with van der Waals surface area (Å²) in [5.41, 5.74) is 11.6. The molecule has 6 unspecified atom stereocenters. The number of nitrogens with one attached hydrogen (secondary N) is 3. The summed E-state index contributed by atoms with van der Waals surface area (Å²) in [6.45, 7) is 7.85. The zero-order chi connectivity index (χ0) is 26.3. The zero-order valence-electron chi connectivity index (χ0n) is 21.3. The van der Waals surface area contributed by atoms with Crippen LogP contribution >= 0.6 is 11.8 Å². The van der Waals surface area contributed by atoms with Crippen molar-refractivity contribution in [2.24, 2.45) is 23.3 Å². The molecular formula is C23H45N5O5S. The van der Waals surface area contributed by atoms with Crippen molar-refractivity contribution in [3.63, 3.8) is 0 Å². The highest BCUT2D eigenvalue weighted by Gasteiger charge is 2.32. The SMILES string of the molecule is CCC(C)C(N)C(=O)NC(CCCCN)C(=O)NC(CCSC)C(=O)NC(C(=O)O)C(C)CC. The maximum atomic E-state index is 13.1. The molecule has 34 heavy (non-hydrogen) atoms. The van der Waals surface area contributed by atoms with Gasteiger partial charge >= 0.3 is 5.97 Å². The summed E-state index contributed by atoms with van der Waals surface area (Å²) >= 11 is 1.51. The van der Waals surface area contributed by atoms with Gasteiger partial charge in [0.2, 0.25) is 17.7 Å². The second-order valence-electron chi connectivity index (χ2n) is 8.81. The minimum Gasteiger partial charge on any atom is -0.480 e. The van der Waals surface area contributed by atoms with E-state index in [1.807, 2.05) is 27.0 Å². The van der Waals surface area contributed by atoms with Gasteiger partial charge in [0, 0.05) is 0 Å². The van der Waals surface area contributed by atoms with Crippen molar-refractivity contribution in [1.29, 1.82) is 0 Å². The van der Waals surface area contributed by atoms with Crippen LogP contribution in [0.25, 0.3) is 0 Å². The number of thioether (sulfide) groups is 1. The zero-order valence-corrected chi connectivity index (χ0v) is 22.1. The van der Waals surface area contributed by atoms with Crippen LogP contribution in [0.3, 0.4) is 0 Å². The topological polar surface area (TPSA) is 177 Å². The number of hydrogen-bond acceptors (Lipinski definition) is 7. The van der Waals surface area contributed by atoms with E-state index >= 15 is 0 Å². The van der Waals surface area contributed by atoms with Gasteiger partial charge < -0.3 is 32.5 Å². The number of nitrogens with two attached hydrogens (primary N) is 2. The smallest absolute Gasteiger partial charge is 0.326 e. The molecule has 0 aromatic heterocycles. The number of amides is 3. The monoisotopic (exact) mass is 503 g/mol. The normalized spacial score (nSPS) is 16.4. The number of carbonyl (C=O) groups excluding carboxylic acids is 3. The largest absolute Gasteiger partial charge is 0.480 e. The molecule has 0 rings (SSSR count). The van der Waals surface area contributed by atoms with E-state index in [1.165, 1.54) is 11.8 Å². The lowest BCUT2D eigenvalue weighted by Gasteiger charge is -2.27. The number of hydrogen-bond donors (Lipinski definition) is 6. The molecule has 0 saturated heterocycles. The van der Waals surface area contributed by atoms with E-state index in [0.717, 1.165) is 6.42 Å². The molecule has 0 aliphatic rings. The molecule has 8 N–H and O–H groups in total. The van der Waals surface area contributed by atoms with E-state index in [0.29, 0.717) is 44.4 Å². The van der Waals surface area contributed by atoms with Crippen LogP contribution in [0.5, 0.6) is 0 Å². The fourth-order valence-electron chi connectivity index (χ4n) is 3.26. The fourth-order valence-corrected chi connectivity index (χ4v) is 3.73. The first-order valence-electron chi connectivity index (χ1n) is 12.1. The first-order valence-corrected chi connectivity index (χ1v) is 13.5. The van der Waals surface area contributed by atoms with Crippen molar-refractivity contribution in [2.75, 3.05) is 18.6 Å². The van der Waals surface area contributed by atoms with E-state index in [9.17, 15) is 24.3 Å². The summed E-state index contributed by atoms with van der Waals surface area (Å²) < 4.78 is 0. The Labute approximate surface area is 208 Å². The van der Waals surface area contributed by atoms with Gasteiger partial charge in [0.25, 0.3) is 0 Å². The minimum absolute atomic E-state index is 0.0543. The molecule has 0 aromatic rings. The lowest BCUT2D eigenvalue weighted by atomic mass is 9.98. The van der Waals surface area contributed by atoms with E-state index < -0.39 is 47.9 Å². The van der Waals surface area contributed by atoms with Gasteiger partial charge in [0.15, 0.2) is 0 Å². The minimum atomic E-state index is -1.12. The molecule has 0 fully saturated rings. The van der Waals surface area contributed by atoms with Gasteiger partial charge in [0.1, 0.15) is 18.1 Å². The van der Waals surface area contributed by atoms with Gasteiger partial charge in [0.05, 0.1) is 6.04 Å². The molecule has 0 saturated carbocycles. The maximum absolute atomic E-state index is 13.1. The van der Waals surface area contributed by atoms with Crippen LogP contribution in [0, 0.1) is 11.8 Å². The first-order chi connectivity index (χ1) is 16.0. The lowest BCUT2D eigenvalue weighted by molar-refractivity contribution is -0.143. The van der Waals surface area contributed by atoms with Crippen LogP contribution in [-0.2, 0) is 19.2 Å². The van der Waals surface area contributed by atoms with Crippen molar-refractivity contribution in [1.82, 2.24) is 16.0 Å². The lowest BCUT2D eigenvalue weighted by Crippen LogP contribution is -2.58. The first kappa shape index (κ1) is 32.1. The van der Waals surface area contributed by atoms with E-state index in [4.69, 9.17) is 11.5 Å². The Morgan fingerprint density at radius 1 is 0.853 bits per heavy atom. The predicted molar refractivity (Wildman–Crippen MR) is 136 cm³/mol. The Hall–Kier alpha value is -1.85. The van der Waals surface area contributed by atoms with Gasteiger partial charge in [-0.15, -0.1) is 0 Å². The molecule has 6 atom stereocenters. The molecule has 3 amide bonds.